The molecule has 0 atom stereocenters. The van der Waals surface area contributed by atoms with Gasteiger partial charge in [0.2, 0.25) is 0 Å². The quantitative estimate of drug-likeness (QED) is 0.326. The third-order valence-electron chi connectivity index (χ3n) is 4.98. The number of allylic oxidation sites excluding steroid dienone is 3. The van der Waals surface area contributed by atoms with Gasteiger partial charge in [-0.15, -0.1) is 0 Å². The van der Waals surface area contributed by atoms with Crippen molar-refractivity contribution in [2.75, 3.05) is 13.2 Å². The number of carbonyl (C=O) groups is 2. The first-order valence-electron chi connectivity index (χ1n) is 11.4. The van der Waals surface area contributed by atoms with E-state index in [-0.39, 0.29) is 0 Å². The molecule has 0 fully saturated rings. The Morgan fingerprint density at radius 1 is 0.500 bits per heavy atom. The first kappa shape index (κ1) is 24.5. The fourth-order valence-electron chi connectivity index (χ4n) is 3.25. The van der Waals surface area contributed by atoms with Crippen LogP contribution < -0.4 is 0 Å². The van der Waals surface area contributed by atoms with Gasteiger partial charge in [0, 0.05) is 12.8 Å². The summed E-state index contributed by atoms with van der Waals surface area (Å²) in [6, 6.07) is 0. The molecule has 0 aromatic carbocycles. The zero-order valence-electron chi connectivity index (χ0n) is 17.7. The van der Waals surface area contributed by atoms with E-state index in [1.54, 1.807) is 0 Å². The molecule has 0 unspecified atom stereocenters. The van der Waals surface area contributed by atoms with Crippen LogP contribution in [0.15, 0.2) is 24.3 Å². The molecule has 0 radical (unpaired) electrons. The second kappa shape index (κ2) is 18.8. The molecule has 4 heteroatoms. The van der Waals surface area contributed by atoms with Crippen molar-refractivity contribution in [3.63, 3.8) is 0 Å². The molecule has 28 heavy (non-hydrogen) atoms. The maximum absolute atomic E-state index is 11.9. The van der Waals surface area contributed by atoms with Gasteiger partial charge >= 0.3 is 6.16 Å². The molecule has 0 aromatic heterocycles. The van der Waals surface area contributed by atoms with E-state index in [0.29, 0.717) is 19.0 Å². The Morgan fingerprint density at radius 3 is 1.75 bits per heavy atom. The summed E-state index contributed by atoms with van der Waals surface area (Å²) in [6.45, 7) is 0.828. The molecule has 0 saturated carbocycles. The molecular formula is C24H40O4. The van der Waals surface area contributed by atoms with Crippen LogP contribution in [0.25, 0.3) is 0 Å². The molecule has 0 aromatic rings. The number of ketones is 1. The first-order valence-corrected chi connectivity index (χ1v) is 11.4. The van der Waals surface area contributed by atoms with E-state index < -0.39 is 6.16 Å². The first-order chi connectivity index (χ1) is 13.8. The van der Waals surface area contributed by atoms with E-state index in [1.807, 2.05) is 0 Å². The summed E-state index contributed by atoms with van der Waals surface area (Å²) in [5.41, 5.74) is 0. The summed E-state index contributed by atoms with van der Waals surface area (Å²) in [6.07, 6.45) is 24.6. The van der Waals surface area contributed by atoms with Crippen molar-refractivity contribution in [1.29, 1.82) is 0 Å². The highest BCUT2D eigenvalue weighted by Gasteiger charge is 2.03. The highest BCUT2D eigenvalue weighted by molar-refractivity contribution is 5.78. The molecular weight excluding hydrogens is 352 g/mol. The topological polar surface area (TPSA) is 52.6 Å². The van der Waals surface area contributed by atoms with Crippen LogP contribution in [0.5, 0.6) is 0 Å². The van der Waals surface area contributed by atoms with Gasteiger partial charge in [0.1, 0.15) is 5.78 Å². The molecule has 1 rings (SSSR count). The molecule has 0 spiro atoms. The van der Waals surface area contributed by atoms with Crippen LogP contribution in [0.4, 0.5) is 4.79 Å². The average Bonchev–Trinajstić information content (AvgIpc) is 2.69. The van der Waals surface area contributed by atoms with Crippen LogP contribution in [0.3, 0.4) is 0 Å². The molecule has 1 aliphatic heterocycles. The maximum atomic E-state index is 11.9. The molecule has 0 aliphatic carbocycles. The van der Waals surface area contributed by atoms with Gasteiger partial charge in [0.25, 0.3) is 0 Å². The Kier molecular flexibility index (Phi) is 16.4. The van der Waals surface area contributed by atoms with Gasteiger partial charge < -0.3 is 9.47 Å². The van der Waals surface area contributed by atoms with Crippen molar-refractivity contribution in [3.8, 4) is 0 Å². The van der Waals surface area contributed by atoms with Crippen molar-refractivity contribution in [1.82, 2.24) is 0 Å². The Labute approximate surface area is 171 Å². The summed E-state index contributed by atoms with van der Waals surface area (Å²) in [5, 5.41) is 0. The molecule has 0 bridgehead atoms. The van der Waals surface area contributed by atoms with Gasteiger partial charge in [-0.3, -0.25) is 4.79 Å². The number of hydrogen-bond acceptors (Lipinski definition) is 4. The lowest BCUT2D eigenvalue weighted by molar-refractivity contribution is -0.119. The van der Waals surface area contributed by atoms with Crippen LogP contribution in [-0.4, -0.2) is 25.2 Å². The molecule has 1 aliphatic rings. The Hall–Kier alpha value is -1.58. The fraction of sp³-hybridized carbons (Fsp3) is 0.750. The van der Waals surface area contributed by atoms with E-state index in [1.165, 1.54) is 19.3 Å². The minimum absolute atomic E-state index is 0.385. The minimum Gasteiger partial charge on any atom is -0.434 e. The Bertz CT molecular complexity index is 412. The number of cyclic esters (lactones) is 2. The highest BCUT2D eigenvalue weighted by Crippen LogP contribution is 2.11. The predicted molar refractivity (Wildman–Crippen MR) is 114 cm³/mol. The van der Waals surface area contributed by atoms with Gasteiger partial charge in [-0.25, -0.2) is 4.79 Å². The third-order valence-corrected chi connectivity index (χ3v) is 4.98. The van der Waals surface area contributed by atoms with E-state index in [9.17, 15) is 9.59 Å². The van der Waals surface area contributed by atoms with Crippen LogP contribution in [0.1, 0.15) is 103 Å². The van der Waals surface area contributed by atoms with Crippen molar-refractivity contribution >= 4 is 11.9 Å². The molecule has 0 N–H and O–H groups in total. The van der Waals surface area contributed by atoms with Crippen LogP contribution >= 0.6 is 0 Å². The highest BCUT2D eigenvalue weighted by atomic mass is 16.7. The van der Waals surface area contributed by atoms with E-state index in [4.69, 9.17) is 9.47 Å². The van der Waals surface area contributed by atoms with Gasteiger partial charge in [-0.2, -0.15) is 0 Å². The average molecular weight is 393 g/mol. The molecule has 0 amide bonds. The summed E-state index contributed by atoms with van der Waals surface area (Å²) < 4.78 is 10.1. The van der Waals surface area contributed by atoms with Gasteiger partial charge in [-0.05, 0) is 57.8 Å². The summed E-state index contributed by atoms with van der Waals surface area (Å²) in [7, 11) is 0. The summed E-state index contributed by atoms with van der Waals surface area (Å²) in [4.78, 5) is 23.4. The smallest absolute Gasteiger partial charge is 0.434 e. The molecule has 4 nitrogen and oxygen atoms in total. The second-order valence-corrected chi connectivity index (χ2v) is 7.62. The Morgan fingerprint density at radius 2 is 1.00 bits per heavy atom. The van der Waals surface area contributed by atoms with Gasteiger partial charge in [0.05, 0.1) is 13.2 Å². The van der Waals surface area contributed by atoms with Gasteiger partial charge in [-0.1, -0.05) is 56.4 Å². The largest absolute Gasteiger partial charge is 0.508 e. The van der Waals surface area contributed by atoms with Crippen molar-refractivity contribution in [2.24, 2.45) is 0 Å². The number of carbonyl (C=O) groups excluding carboxylic acids is 2. The van der Waals surface area contributed by atoms with Crippen molar-refractivity contribution in [3.05, 3.63) is 24.3 Å². The number of ether oxygens (including phenoxy) is 2. The van der Waals surface area contributed by atoms with E-state index in [0.717, 1.165) is 83.5 Å². The third kappa shape index (κ3) is 16.6. The zero-order valence-corrected chi connectivity index (χ0v) is 17.7. The summed E-state index contributed by atoms with van der Waals surface area (Å²) in [5.74, 6) is 0.431. The lowest BCUT2D eigenvalue weighted by atomic mass is 10.0. The maximum Gasteiger partial charge on any atom is 0.508 e. The second-order valence-electron chi connectivity index (χ2n) is 7.62. The van der Waals surface area contributed by atoms with Crippen molar-refractivity contribution in [2.45, 2.75) is 103 Å². The normalized spacial score (nSPS) is 21.6. The fourth-order valence-corrected chi connectivity index (χ4v) is 3.25. The minimum atomic E-state index is -0.545. The standard InChI is InChI=1S/C24H40O4/c25-23-19-15-11-7-3-1-5-9-13-17-21-27-24(26)28-22-18-14-10-6-2-4-8-12-16-20-23/h3,7,10,14H,1-2,4-6,8-9,11-13,15-22H2. The lowest BCUT2D eigenvalue weighted by Gasteiger charge is -2.05. The number of Topliss-reactive ketones (excluding diaryl/α,β-unsaturated/α-hetero) is 1. The van der Waals surface area contributed by atoms with Crippen LogP contribution in [0.2, 0.25) is 0 Å². The lowest BCUT2D eigenvalue weighted by Crippen LogP contribution is -2.09. The number of rotatable bonds is 0. The Balaban J connectivity index is 2.22. The van der Waals surface area contributed by atoms with Gasteiger partial charge in [0.15, 0.2) is 0 Å². The van der Waals surface area contributed by atoms with E-state index in [2.05, 4.69) is 24.3 Å². The van der Waals surface area contributed by atoms with E-state index >= 15 is 0 Å². The molecule has 0 saturated heterocycles. The van der Waals surface area contributed by atoms with Crippen LogP contribution in [-0.2, 0) is 14.3 Å². The van der Waals surface area contributed by atoms with Crippen LogP contribution in [0, 0.1) is 0 Å². The number of hydrogen-bond donors (Lipinski definition) is 0. The molecule has 1 heterocycles. The molecule has 160 valence electrons. The zero-order chi connectivity index (χ0) is 20.1. The SMILES string of the molecule is O=C1CCCC=CCCCCCCOC(=O)OCCC=CCCCCCCC1. The summed E-state index contributed by atoms with van der Waals surface area (Å²) >= 11 is 0. The monoisotopic (exact) mass is 392 g/mol. The predicted octanol–water partition coefficient (Wildman–Crippen LogP) is 7.08. The van der Waals surface area contributed by atoms with Crippen molar-refractivity contribution < 1.29 is 19.1 Å².